The van der Waals surface area contributed by atoms with E-state index in [1.807, 2.05) is 125 Å². The maximum Gasteiger partial charge on any atom is 0.255 e. The van der Waals surface area contributed by atoms with Crippen molar-refractivity contribution in [1.29, 1.82) is 0 Å². The predicted octanol–water partition coefficient (Wildman–Crippen LogP) is 8.09. The molecule has 6 rings (SSSR count). The SMILES string of the molecule is CCc1cccc(C)c1C(=O)N1CCC[C@H]1C(=O)Nc1ccc(/C=C/c2ccc(NC(=O)[C@@H]3CCCN3C(=O)c3c(C)cccc3CC)cc2)cc1. The van der Waals surface area contributed by atoms with Crippen LogP contribution < -0.4 is 10.6 Å². The highest BCUT2D eigenvalue weighted by Crippen LogP contribution is 2.27. The van der Waals surface area contributed by atoms with E-state index in [-0.39, 0.29) is 23.6 Å². The third kappa shape index (κ3) is 7.86. The van der Waals surface area contributed by atoms with E-state index in [1.165, 1.54) is 0 Å². The second kappa shape index (κ2) is 16.2. The Balaban J connectivity index is 1.03. The Labute approximate surface area is 306 Å². The van der Waals surface area contributed by atoms with Crippen LogP contribution in [0.1, 0.15) is 93.6 Å². The molecule has 0 aliphatic carbocycles. The summed E-state index contributed by atoms with van der Waals surface area (Å²) in [4.78, 5) is 57.3. The smallest absolute Gasteiger partial charge is 0.255 e. The zero-order valence-electron chi connectivity index (χ0n) is 30.6. The molecule has 0 spiro atoms. The van der Waals surface area contributed by atoms with Gasteiger partial charge in [-0.15, -0.1) is 0 Å². The minimum absolute atomic E-state index is 0.0696. The third-order valence-corrected chi connectivity index (χ3v) is 10.4. The van der Waals surface area contributed by atoms with Crippen molar-refractivity contribution < 1.29 is 19.2 Å². The first-order valence-corrected chi connectivity index (χ1v) is 18.5. The number of nitrogens with one attached hydrogen (secondary N) is 2. The summed E-state index contributed by atoms with van der Waals surface area (Å²) in [5.41, 5.74) is 8.60. The molecule has 2 atom stereocenters. The normalized spacial score (nSPS) is 17.1. The minimum Gasteiger partial charge on any atom is -0.327 e. The van der Waals surface area contributed by atoms with Gasteiger partial charge in [0.25, 0.3) is 11.8 Å². The Morgan fingerprint density at radius 3 is 1.35 bits per heavy atom. The van der Waals surface area contributed by atoms with E-state index in [0.717, 1.165) is 59.1 Å². The molecule has 2 aliphatic rings. The molecule has 4 aromatic carbocycles. The highest BCUT2D eigenvalue weighted by atomic mass is 16.2. The van der Waals surface area contributed by atoms with Crippen LogP contribution in [0.4, 0.5) is 11.4 Å². The van der Waals surface area contributed by atoms with Gasteiger partial charge in [-0.1, -0.05) is 86.7 Å². The van der Waals surface area contributed by atoms with Crippen molar-refractivity contribution in [2.75, 3.05) is 23.7 Å². The van der Waals surface area contributed by atoms with Crippen molar-refractivity contribution in [3.05, 3.63) is 129 Å². The van der Waals surface area contributed by atoms with E-state index >= 15 is 0 Å². The van der Waals surface area contributed by atoms with Crippen LogP contribution in [0.2, 0.25) is 0 Å². The maximum absolute atomic E-state index is 13.6. The van der Waals surface area contributed by atoms with E-state index in [9.17, 15) is 19.2 Å². The van der Waals surface area contributed by atoms with Crippen LogP contribution in [-0.2, 0) is 22.4 Å². The van der Waals surface area contributed by atoms with Gasteiger partial charge in [-0.3, -0.25) is 19.2 Å². The summed E-state index contributed by atoms with van der Waals surface area (Å²) in [5.74, 6) is -0.478. The summed E-state index contributed by atoms with van der Waals surface area (Å²) in [5, 5.41) is 6.04. The largest absolute Gasteiger partial charge is 0.327 e. The minimum atomic E-state index is -0.503. The van der Waals surface area contributed by atoms with Crippen molar-refractivity contribution in [2.24, 2.45) is 0 Å². The molecule has 4 amide bonds. The lowest BCUT2D eigenvalue weighted by Gasteiger charge is -2.26. The molecule has 2 N–H and O–H groups in total. The number of nitrogens with zero attached hydrogens (tertiary/aromatic N) is 2. The Bertz CT molecular complexity index is 1840. The summed E-state index contributed by atoms with van der Waals surface area (Å²) < 4.78 is 0. The van der Waals surface area contributed by atoms with Gasteiger partial charge < -0.3 is 20.4 Å². The topological polar surface area (TPSA) is 98.8 Å². The predicted molar refractivity (Wildman–Crippen MR) is 208 cm³/mol. The molecule has 52 heavy (non-hydrogen) atoms. The Morgan fingerprint density at radius 2 is 0.981 bits per heavy atom. The highest BCUT2D eigenvalue weighted by molar-refractivity contribution is 6.04. The van der Waals surface area contributed by atoms with Crippen molar-refractivity contribution >= 4 is 47.2 Å². The number of benzene rings is 4. The lowest BCUT2D eigenvalue weighted by Crippen LogP contribution is -2.43. The second-order valence-corrected chi connectivity index (χ2v) is 13.8. The van der Waals surface area contributed by atoms with Gasteiger partial charge in [-0.2, -0.15) is 0 Å². The van der Waals surface area contributed by atoms with Gasteiger partial charge in [0.1, 0.15) is 12.1 Å². The molecule has 268 valence electrons. The Kier molecular flexibility index (Phi) is 11.3. The summed E-state index contributed by atoms with van der Waals surface area (Å²) in [7, 11) is 0. The van der Waals surface area contributed by atoms with E-state index in [2.05, 4.69) is 10.6 Å². The highest BCUT2D eigenvalue weighted by Gasteiger charge is 2.37. The van der Waals surface area contributed by atoms with Crippen LogP contribution in [0.5, 0.6) is 0 Å². The van der Waals surface area contributed by atoms with Crippen molar-refractivity contribution in [1.82, 2.24) is 9.80 Å². The fourth-order valence-corrected chi connectivity index (χ4v) is 7.51. The molecule has 0 aromatic heterocycles. The first kappa shape index (κ1) is 36.3. The zero-order chi connectivity index (χ0) is 36.8. The van der Waals surface area contributed by atoms with E-state index < -0.39 is 12.1 Å². The molecular weight excluding hydrogens is 649 g/mol. The fraction of sp³-hybridized carbons (Fsp3) is 0.318. The number of likely N-dealkylation sites (tertiary alicyclic amines) is 2. The summed E-state index contributed by atoms with van der Waals surface area (Å²) in [6.07, 6.45) is 8.37. The van der Waals surface area contributed by atoms with Crippen LogP contribution in [0, 0.1) is 13.8 Å². The molecule has 2 heterocycles. The van der Waals surface area contributed by atoms with Crippen LogP contribution >= 0.6 is 0 Å². The molecule has 8 heteroatoms. The number of carbonyl (C=O) groups excluding carboxylic acids is 4. The molecule has 2 saturated heterocycles. The Morgan fingerprint density at radius 1 is 0.596 bits per heavy atom. The van der Waals surface area contributed by atoms with Gasteiger partial charge >= 0.3 is 0 Å². The van der Waals surface area contributed by atoms with Crippen LogP contribution in [0.15, 0.2) is 84.9 Å². The van der Waals surface area contributed by atoms with Crippen molar-refractivity contribution in [2.45, 2.75) is 78.3 Å². The lowest BCUT2D eigenvalue weighted by molar-refractivity contribution is -0.120. The lowest BCUT2D eigenvalue weighted by atomic mass is 9.98. The molecule has 0 bridgehead atoms. The first-order valence-electron chi connectivity index (χ1n) is 18.5. The number of hydrogen-bond acceptors (Lipinski definition) is 4. The number of anilines is 2. The molecule has 8 nitrogen and oxygen atoms in total. The molecule has 2 aliphatic heterocycles. The van der Waals surface area contributed by atoms with Gasteiger partial charge in [0.05, 0.1) is 0 Å². The molecule has 0 radical (unpaired) electrons. The number of amides is 4. The molecule has 4 aromatic rings. The van der Waals surface area contributed by atoms with Crippen molar-refractivity contribution in [3.8, 4) is 0 Å². The summed E-state index contributed by atoms with van der Waals surface area (Å²) in [6, 6.07) is 26.0. The second-order valence-electron chi connectivity index (χ2n) is 13.8. The number of hydrogen-bond donors (Lipinski definition) is 2. The first-order chi connectivity index (χ1) is 25.2. The van der Waals surface area contributed by atoms with Gasteiger partial charge in [-0.05, 0) is 110 Å². The standard InChI is InChI=1S/C44H48N4O4/c1-5-33-13-7-11-29(3)39(33)43(51)47-27-9-15-37(47)41(49)45-35-23-19-31(20-24-35)17-18-32-21-25-36(26-22-32)46-42(50)38-16-10-28-48(38)44(52)40-30(4)12-8-14-34(40)6-2/h7-8,11-14,17-26,37-38H,5-6,9-10,15-16,27-28H2,1-4H3,(H,45,49)(H,46,50)/b18-17+/t37-,38-/m0/s1. The average Bonchev–Trinajstić information content (AvgIpc) is 3.86. The Hall–Kier alpha value is -5.50. The number of rotatable bonds is 10. The van der Waals surface area contributed by atoms with Crippen LogP contribution in [0.3, 0.4) is 0 Å². The monoisotopic (exact) mass is 696 g/mol. The molecule has 2 fully saturated rings. The van der Waals surface area contributed by atoms with E-state index in [0.29, 0.717) is 48.4 Å². The summed E-state index contributed by atoms with van der Waals surface area (Å²) >= 11 is 0. The molecular formula is C44H48N4O4. The fourth-order valence-electron chi connectivity index (χ4n) is 7.51. The molecule has 0 unspecified atom stereocenters. The van der Waals surface area contributed by atoms with Crippen LogP contribution in [-0.4, -0.2) is 58.6 Å². The zero-order valence-corrected chi connectivity index (χ0v) is 30.6. The quantitative estimate of drug-likeness (QED) is 0.164. The number of carbonyl (C=O) groups is 4. The third-order valence-electron chi connectivity index (χ3n) is 10.4. The van der Waals surface area contributed by atoms with Crippen LogP contribution in [0.25, 0.3) is 12.2 Å². The average molecular weight is 697 g/mol. The van der Waals surface area contributed by atoms with Crippen molar-refractivity contribution in [3.63, 3.8) is 0 Å². The van der Waals surface area contributed by atoms with E-state index in [1.54, 1.807) is 9.80 Å². The van der Waals surface area contributed by atoms with Gasteiger partial charge in [0.2, 0.25) is 11.8 Å². The maximum atomic E-state index is 13.6. The van der Waals surface area contributed by atoms with Gasteiger partial charge in [0.15, 0.2) is 0 Å². The summed E-state index contributed by atoms with van der Waals surface area (Å²) in [6.45, 7) is 9.13. The molecule has 0 saturated carbocycles. The number of aryl methyl sites for hydroxylation is 4. The van der Waals surface area contributed by atoms with E-state index in [4.69, 9.17) is 0 Å². The van der Waals surface area contributed by atoms with Gasteiger partial charge in [0, 0.05) is 35.6 Å². The van der Waals surface area contributed by atoms with Gasteiger partial charge in [-0.25, -0.2) is 0 Å².